The summed E-state index contributed by atoms with van der Waals surface area (Å²) in [4.78, 5) is 0. The molecule has 1 N–H and O–H groups in total. The molecule has 2 nitrogen and oxygen atoms in total. The van der Waals surface area contributed by atoms with Crippen LogP contribution >= 0.6 is 14.5 Å². The van der Waals surface area contributed by atoms with Crippen molar-refractivity contribution < 1.29 is 50.9 Å². The van der Waals surface area contributed by atoms with E-state index in [2.05, 4.69) is 199 Å². The Kier molecular flexibility index (Phi) is 19.1. The number of halogens is 3. The Morgan fingerprint density at radius 1 is 0.569 bits per heavy atom. The summed E-state index contributed by atoms with van der Waals surface area (Å²) in [6.07, 6.45) is 12.8. The number of hydrogen-bond acceptors (Lipinski definition) is 1. The molecule has 0 bridgehead atoms. The fraction of sp³-hybridized carbons (Fsp3) is 0.373. The van der Waals surface area contributed by atoms with Crippen molar-refractivity contribution in [2.45, 2.75) is 83.1 Å². The highest BCUT2D eigenvalue weighted by Gasteiger charge is 2.47. The average molecular weight is 965 g/mol. The molecule has 7 heteroatoms. The van der Waals surface area contributed by atoms with Gasteiger partial charge in [0, 0.05) is 36.8 Å². The smallest absolute Gasteiger partial charge is 0.0995 e. The van der Waals surface area contributed by atoms with Crippen LogP contribution in [0.15, 0.2) is 152 Å². The average Bonchev–Trinajstić information content (AvgIpc) is 3.19. The largest absolute Gasteiger partial charge is 1.00 e. The molecule has 0 aliphatic carbocycles. The predicted molar refractivity (Wildman–Crippen MR) is 248 cm³/mol. The van der Waals surface area contributed by atoms with Gasteiger partial charge in [-0.25, -0.2) is 0 Å². The first-order valence-electron chi connectivity index (χ1n) is 20.7. The summed E-state index contributed by atoms with van der Waals surface area (Å²) in [6, 6.07) is 56.2. The molecule has 1 heterocycles. The van der Waals surface area contributed by atoms with E-state index in [1.165, 1.54) is 78.9 Å². The first-order chi connectivity index (χ1) is 26.4. The zero-order valence-electron chi connectivity index (χ0n) is 35.8. The number of nitrogens with one attached hydrogen (secondary N) is 1. The van der Waals surface area contributed by atoms with Crippen molar-refractivity contribution in [1.29, 1.82) is 0 Å². The lowest BCUT2D eigenvalue weighted by molar-refractivity contribution is -0.917. The molecule has 1 fully saturated rings. The molecular formula is C51H67Br2ClN2P2. The first kappa shape index (κ1) is 50.2. The third-order valence-corrected chi connectivity index (χ3v) is 21.7. The van der Waals surface area contributed by atoms with Crippen molar-refractivity contribution in [1.82, 2.24) is 5.32 Å². The monoisotopic (exact) mass is 962 g/mol. The van der Waals surface area contributed by atoms with Crippen LogP contribution < -0.4 is 72.9 Å². The van der Waals surface area contributed by atoms with Crippen LogP contribution in [0.4, 0.5) is 0 Å². The maximum atomic E-state index is 4.02. The van der Waals surface area contributed by atoms with Crippen molar-refractivity contribution >= 4 is 41.8 Å². The van der Waals surface area contributed by atoms with Crippen LogP contribution in [0.1, 0.15) is 70.9 Å². The van der Waals surface area contributed by atoms with Gasteiger partial charge in [0.05, 0.1) is 87.1 Å². The molecule has 5 aromatic rings. The van der Waals surface area contributed by atoms with E-state index < -0.39 is 14.5 Å². The van der Waals surface area contributed by atoms with Gasteiger partial charge < -0.3 is 56.2 Å². The van der Waals surface area contributed by atoms with Crippen LogP contribution in [0.5, 0.6) is 0 Å². The Morgan fingerprint density at radius 2 is 0.948 bits per heavy atom. The highest BCUT2D eigenvalue weighted by atomic mass is 79.9. The Bertz CT molecular complexity index is 1840. The van der Waals surface area contributed by atoms with Gasteiger partial charge >= 0.3 is 0 Å². The van der Waals surface area contributed by atoms with Crippen LogP contribution in [-0.2, 0) is 6.16 Å². The van der Waals surface area contributed by atoms with Crippen LogP contribution in [0, 0.1) is 0 Å². The van der Waals surface area contributed by atoms with Gasteiger partial charge in [-0.05, 0) is 93.8 Å². The van der Waals surface area contributed by atoms with E-state index in [4.69, 9.17) is 0 Å². The predicted octanol–water partition coefficient (Wildman–Crippen LogP) is 1.73. The Hall–Kier alpha value is -2.13. The number of hydrogen-bond donors (Lipinski definition) is 1. The van der Waals surface area contributed by atoms with Gasteiger partial charge in [0.25, 0.3) is 0 Å². The molecule has 312 valence electrons. The molecule has 0 atom stereocenters. The molecule has 0 amide bonds. The van der Waals surface area contributed by atoms with Crippen molar-refractivity contribution in [2.24, 2.45) is 0 Å². The molecule has 58 heavy (non-hydrogen) atoms. The lowest BCUT2D eigenvalue weighted by Crippen LogP contribution is -3.00. The third kappa shape index (κ3) is 12.5. The molecule has 1 aliphatic rings. The zero-order chi connectivity index (χ0) is 39.0. The number of piperidine rings is 1. The third-order valence-electron chi connectivity index (χ3n) is 12.4. The molecule has 0 spiro atoms. The maximum Gasteiger partial charge on any atom is 0.0995 e. The van der Waals surface area contributed by atoms with Crippen LogP contribution in [0.25, 0.3) is 6.08 Å². The quantitative estimate of drug-likeness (QED) is 0.0853. The topological polar surface area (TPSA) is 12.0 Å². The summed E-state index contributed by atoms with van der Waals surface area (Å²) >= 11 is 0. The second kappa shape index (κ2) is 22.1. The fourth-order valence-electron chi connectivity index (χ4n) is 9.83. The van der Waals surface area contributed by atoms with Crippen molar-refractivity contribution in [3.05, 3.63) is 163 Å². The summed E-state index contributed by atoms with van der Waals surface area (Å²) in [5.74, 6) is 0. The van der Waals surface area contributed by atoms with E-state index in [1.54, 1.807) is 10.6 Å². The van der Waals surface area contributed by atoms with Crippen LogP contribution in [0.2, 0.25) is 0 Å². The summed E-state index contributed by atoms with van der Waals surface area (Å²) in [5.41, 5.74) is 2.92. The van der Waals surface area contributed by atoms with Crippen LogP contribution in [-0.4, -0.2) is 60.7 Å². The van der Waals surface area contributed by atoms with Crippen molar-refractivity contribution in [2.75, 3.05) is 39.1 Å². The summed E-state index contributed by atoms with van der Waals surface area (Å²) in [7, 11) is 1.45. The summed E-state index contributed by atoms with van der Waals surface area (Å²) in [5, 5.41) is 10.1. The van der Waals surface area contributed by atoms with Gasteiger partial charge in [-0.3, -0.25) is 0 Å². The van der Waals surface area contributed by atoms with E-state index in [-0.39, 0.29) is 57.4 Å². The normalized spacial score (nSPS) is 15.3. The first-order valence-corrected chi connectivity index (χ1v) is 25.0. The summed E-state index contributed by atoms with van der Waals surface area (Å²) < 4.78 is 1.10. The van der Waals surface area contributed by atoms with E-state index in [1.807, 2.05) is 6.08 Å². The highest BCUT2D eigenvalue weighted by Crippen LogP contribution is 2.63. The fourth-order valence-corrected chi connectivity index (χ4v) is 18.9. The van der Waals surface area contributed by atoms with E-state index in [0.717, 1.165) is 10.6 Å². The number of nitrogens with zero attached hydrogens (tertiary/aromatic N) is 1. The molecule has 1 saturated heterocycles. The second-order valence-corrected chi connectivity index (χ2v) is 25.7. The molecule has 0 unspecified atom stereocenters. The zero-order valence-corrected chi connectivity index (χ0v) is 41.5. The molecule has 1 aliphatic heterocycles. The Labute approximate surface area is 380 Å². The van der Waals surface area contributed by atoms with Crippen LogP contribution in [0.3, 0.4) is 0 Å². The SMILES string of the molecule is C=Cc1ccc(C[P+](CCC[P+](CCCC[N+](C)(C)C2CC(C)(C)NC(C)(C)C2)(c2ccccc2)c2ccccc2)(c2ccccc2)c2ccccc2)cc1.[Br-].[Br-].[Cl-]. The minimum Gasteiger partial charge on any atom is -1.00 e. The van der Waals surface area contributed by atoms with E-state index in [0.29, 0.717) is 6.04 Å². The van der Waals surface area contributed by atoms with Gasteiger partial charge in [0.15, 0.2) is 0 Å². The minimum atomic E-state index is -1.82. The molecule has 0 saturated carbocycles. The van der Waals surface area contributed by atoms with Gasteiger partial charge in [0.1, 0.15) is 0 Å². The van der Waals surface area contributed by atoms with Gasteiger partial charge in [-0.15, -0.1) is 0 Å². The number of quaternary nitrogens is 1. The lowest BCUT2D eigenvalue weighted by Gasteiger charge is -2.51. The lowest BCUT2D eigenvalue weighted by atomic mass is 9.78. The van der Waals surface area contributed by atoms with E-state index in [9.17, 15) is 0 Å². The Morgan fingerprint density at radius 3 is 1.36 bits per heavy atom. The molecular weight excluding hydrogens is 898 g/mol. The standard InChI is InChI=1S/C51H67N2P2.2BrH.ClH/c1-8-43-32-34-44(35-33-43)42-55(48-28-17-11-18-29-48,49-30-19-12-20-31-49)39-23-38-54(46-24-13-9-14-25-46,47-26-15-10-16-27-47)37-22-21-36-53(6,7)45-40-50(2,3)52-51(4,5)41-45;;;/h8-20,24-35,45,52H,1,21-23,36-42H2,2-7H3;3*1H/q+3;;;/p-3. The van der Waals surface area contributed by atoms with Crippen molar-refractivity contribution in [3.63, 3.8) is 0 Å². The summed E-state index contributed by atoms with van der Waals surface area (Å²) in [6.45, 7) is 14.8. The van der Waals surface area contributed by atoms with E-state index >= 15 is 0 Å². The number of unbranched alkanes of at least 4 members (excludes halogenated alkanes) is 1. The molecule has 0 radical (unpaired) electrons. The molecule has 5 aromatic carbocycles. The number of benzene rings is 5. The maximum absolute atomic E-state index is 4.02. The second-order valence-electron chi connectivity index (χ2n) is 18.1. The highest BCUT2D eigenvalue weighted by molar-refractivity contribution is 7.90. The minimum absolute atomic E-state index is 0. The van der Waals surface area contributed by atoms with Gasteiger partial charge in [-0.1, -0.05) is 110 Å². The van der Waals surface area contributed by atoms with Gasteiger partial charge in [0.2, 0.25) is 0 Å². The van der Waals surface area contributed by atoms with Crippen molar-refractivity contribution in [3.8, 4) is 0 Å². The molecule has 6 rings (SSSR count). The van der Waals surface area contributed by atoms with Gasteiger partial charge in [-0.2, -0.15) is 0 Å². The molecule has 0 aromatic heterocycles. The number of rotatable bonds is 17. The Balaban J connectivity index is 0.00000300.